The molecule has 96 valence electrons. The average molecular weight is 252 g/mol. The minimum atomic E-state index is 0.324. The third kappa shape index (κ3) is 2.89. The number of hydrogen-bond acceptors (Lipinski definition) is 4. The molecule has 4 nitrogen and oxygen atoms in total. The first-order chi connectivity index (χ1) is 9.28. The van der Waals surface area contributed by atoms with Gasteiger partial charge in [-0.15, -0.1) is 0 Å². The van der Waals surface area contributed by atoms with Gasteiger partial charge in [-0.05, 0) is 24.0 Å². The van der Waals surface area contributed by atoms with Crippen LogP contribution in [0.3, 0.4) is 0 Å². The highest BCUT2D eigenvalue weighted by molar-refractivity contribution is 5.64. The second kappa shape index (κ2) is 5.96. The van der Waals surface area contributed by atoms with Crippen molar-refractivity contribution in [2.75, 3.05) is 5.32 Å². The van der Waals surface area contributed by atoms with Gasteiger partial charge in [0.15, 0.2) is 5.69 Å². The third-order valence-corrected chi connectivity index (χ3v) is 3.02. The fourth-order valence-electron chi connectivity index (χ4n) is 1.98. The summed E-state index contributed by atoms with van der Waals surface area (Å²) in [5.74, 6) is 0.662. The zero-order chi connectivity index (χ0) is 13.7. The largest absolute Gasteiger partial charge is 0.338 e. The highest BCUT2D eigenvalue weighted by atomic mass is 15.0. The van der Waals surface area contributed by atoms with E-state index in [1.165, 1.54) is 17.3 Å². The molecule has 0 saturated heterocycles. The lowest BCUT2D eigenvalue weighted by Crippen LogP contribution is -2.02. The maximum Gasteiger partial charge on any atom is 0.158 e. The van der Waals surface area contributed by atoms with Crippen molar-refractivity contribution in [2.45, 2.75) is 26.7 Å². The van der Waals surface area contributed by atoms with Crippen molar-refractivity contribution in [3.63, 3.8) is 0 Å². The molecule has 4 heteroatoms. The molecule has 0 radical (unpaired) electrons. The maximum absolute atomic E-state index is 8.71. The monoisotopic (exact) mass is 252 g/mol. The van der Waals surface area contributed by atoms with E-state index in [-0.39, 0.29) is 0 Å². The van der Waals surface area contributed by atoms with Crippen LogP contribution in [-0.4, -0.2) is 9.97 Å². The molecule has 2 rings (SSSR count). The second-order valence-corrected chi connectivity index (χ2v) is 4.18. The summed E-state index contributed by atoms with van der Waals surface area (Å²) in [5, 5.41) is 12.0. The molecule has 0 bridgehead atoms. The molecule has 19 heavy (non-hydrogen) atoms. The molecular weight excluding hydrogens is 236 g/mol. The number of aromatic nitrogens is 2. The molecule has 0 aliphatic rings. The van der Waals surface area contributed by atoms with Crippen molar-refractivity contribution in [3.8, 4) is 6.07 Å². The van der Waals surface area contributed by atoms with Gasteiger partial charge < -0.3 is 5.32 Å². The Morgan fingerprint density at radius 3 is 2.26 bits per heavy atom. The van der Waals surface area contributed by atoms with Gasteiger partial charge in [-0.2, -0.15) is 5.26 Å². The topological polar surface area (TPSA) is 61.6 Å². The molecule has 1 N–H and O–H groups in total. The van der Waals surface area contributed by atoms with Crippen molar-refractivity contribution in [1.29, 1.82) is 5.26 Å². The third-order valence-electron chi connectivity index (χ3n) is 3.02. The average Bonchev–Trinajstić information content (AvgIpc) is 2.48. The Kier molecular flexibility index (Phi) is 4.09. The summed E-state index contributed by atoms with van der Waals surface area (Å²) in [6.07, 6.45) is 4.98. The first-order valence-corrected chi connectivity index (χ1v) is 6.38. The van der Waals surface area contributed by atoms with E-state index in [1.807, 2.05) is 6.07 Å². The Balaban J connectivity index is 2.34. The number of nitrogens with zero attached hydrogens (tertiary/aromatic N) is 3. The number of benzene rings is 1. The van der Waals surface area contributed by atoms with Crippen LogP contribution in [0.4, 0.5) is 11.5 Å². The van der Waals surface area contributed by atoms with Gasteiger partial charge in [-0.3, -0.25) is 0 Å². The summed E-state index contributed by atoms with van der Waals surface area (Å²) in [7, 11) is 0. The minimum Gasteiger partial charge on any atom is -0.338 e. The number of anilines is 2. The van der Waals surface area contributed by atoms with Gasteiger partial charge >= 0.3 is 0 Å². The van der Waals surface area contributed by atoms with E-state index >= 15 is 0 Å². The molecule has 2 aromatic rings. The lowest BCUT2D eigenvalue weighted by Gasteiger charge is -2.14. The highest BCUT2D eigenvalue weighted by Crippen LogP contribution is 2.25. The Hall–Kier alpha value is -2.41. The first-order valence-electron chi connectivity index (χ1n) is 6.38. The number of hydrogen-bond donors (Lipinski definition) is 1. The molecule has 0 amide bonds. The van der Waals surface area contributed by atoms with Gasteiger partial charge in [-0.1, -0.05) is 32.0 Å². The Morgan fingerprint density at radius 1 is 1.11 bits per heavy atom. The summed E-state index contributed by atoms with van der Waals surface area (Å²) in [6.45, 7) is 4.26. The minimum absolute atomic E-state index is 0.324. The quantitative estimate of drug-likeness (QED) is 0.907. The van der Waals surface area contributed by atoms with Crippen LogP contribution < -0.4 is 5.32 Å². The predicted octanol–water partition coefficient (Wildman–Crippen LogP) is 3.22. The number of nitrogens with one attached hydrogen (secondary N) is 1. The number of aryl methyl sites for hydroxylation is 2. The van der Waals surface area contributed by atoms with Crippen molar-refractivity contribution in [1.82, 2.24) is 9.97 Å². The van der Waals surface area contributed by atoms with Crippen LogP contribution in [-0.2, 0) is 12.8 Å². The van der Waals surface area contributed by atoms with Gasteiger partial charge in [0.1, 0.15) is 11.9 Å². The standard InChI is InChI=1S/C15H16N4/c1-3-11-6-5-7-12(4-2)15(11)19-14-10-17-13(8-16)9-18-14/h5-7,9-10H,3-4H2,1-2H3,(H,18,19). The van der Waals surface area contributed by atoms with Crippen LogP contribution in [0.5, 0.6) is 0 Å². The van der Waals surface area contributed by atoms with E-state index in [2.05, 4.69) is 47.3 Å². The summed E-state index contributed by atoms with van der Waals surface area (Å²) in [4.78, 5) is 8.22. The Bertz CT molecular complexity index is 574. The van der Waals surface area contributed by atoms with Crippen LogP contribution in [0.1, 0.15) is 30.7 Å². The van der Waals surface area contributed by atoms with E-state index in [0.717, 1.165) is 18.5 Å². The predicted molar refractivity (Wildman–Crippen MR) is 75.2 cm³/mol. The molecule has 0 fully saturated rings. The van der Waals surface area contributed by atoms with Crippen molar-refractivity contribution in [3.05, 3.63) is 47.4 Å². The summed E-state index contributed by atoms with van der Waals surface area (Å²) < 4.78 is 0. The summed E-state index contributed by atoms with van der Waals surface area (Å²) >= 11 is 0. The van der Waals surface area contributed by atoms with Gasteiger partial charge in [0.05, 0.1) is 12.4 Å². The SMILES string of the molecule is CCc1cccc(CC)c1Nc1cnc(C#N)cn1. The van der Waals surface area contributed by atoms with Gasteiger partial charge in [0, 0.05) is 5.69 Å². The second-order valence-electron chi connectivity index (χ2n) is 4.18. The van der Waals surface area contributed by atoms with Gasteiger partial charge in [-0.25, -0.2) is 9.97 Å². The van der Waals surface area contributed by atoms with Crippen molar-refractivity contribution >= 4 is 11.5 Å². The normalized spacial score (nSPS) is 9.95. The van der Waals surface area contributed by atoms with E-state index in [1.54, 1.807) is 6.20 Å². The smallest absolute Gasteiger partial charge is 0.158 e. The highest BCUT2D eigenvalue weighted by Gasteiger charge is 2.07. The lowest BCUT2D eigenvalue weighted by atomic mass is 10.0. The molecule has 0 saturated carbocycles. The maximum atomic E-state index is 8.71. The molecule has 0 atom stereocenters. The Labute approximate surface area is 113 Å². The van der Waals surface area contributed by atoms with E-state index in [0.29, 0.717) is 11.5 Å². The van der Waals surface area contributed by atoms with Crippen LogP contribution in [0, 0.1) is 11.3 Å². The first kappa shape index (κ1) is 13.0. The molecule has 1 aromatic carbocycles. The zero-order valence-corrected chi connectivity index (χ0v) is 11.1. The van der Waals surface area contributed by atoms with Crippen LogP contribution in [0.2, 0.25) is 0 Å². The van der Waals surface area contributed by atoms with E-state index < -0.39 is 0 Å². The van der Waals surface area contributed by atoms with Gasteiger partial charge in [0.25, 0.3) is 0 Å². The van der Waals surface area contributed by atoms with E-state index in [4.69, 9.17) is 5.26 Å². The van der Waals surface area contributed by atoms with Crippen LogP contribution in [0.25, 0.3) is 0 Å². The molecule has 1 aromatic heterocycles. The molecule has 0 aliphatic heterocycles. The van der Waals surface area contributed by atoms with Gasteiger partial charge in [0.2, 0.25) is 0 Å². The molecule has 0 unspecified atom stereocenters. The fraction of sp³-hybridized carbons (Fsp3) is 0.267. The Morgan fingerprint density at radius 2 is 1.79 bits per heavy atom. The molecular formula is C15H16N4. The number of rotatable bonds is 4. The zero-order valence-electron chi connectivity index (χ0n) is 11.1. The number of nitriles is 1. The van der Waals surface area contributed by atoms with Crippen molar-refractivity contribution in [2.24, 2.45) is 0 Å². The van der Waals surface area contributed by atoms with Crippen LogP contribution >= 0.6 is 0 Å². The van der Waals surface area contributed by atoms with Crippen molar-refractivity contribution < 1.29 is 0 Å². The molecule has 0 aliphatic carbocycles. The van der Waals surface area contributed by atoms with E-state index in [9.17, 15) is 0 Å². The lowest BCUT2D eigenvalue weighted by molar-refractivity contribution is 1.08. The van der Waals surface area contributed by atoms with Crippen LogP contribution in [0.15, 0.2) is 30.6 Å². The summed E-state index contributed by atoms with van der Waals surface area (Å²) in [5.41, 5.74) is 3.94. The summed E-state index contributed by atoms with van der Waals surface area (Å²) in [6, 6.07) is 8.26. The molecule has 0 spiro atoms. The number of para-hydroxylation sites is 1. The molecule has 1 heterocycles. The fourth-order valence-corrected chi connectivity index (χ4v) is 1.98.